The quantitative estimate of drug-likeness (QED) is 0.828. The van der Waals surface area contributed by atoms with Crippen LogP contribution < -0.4 is 5.73 Å². The average molecular weight is 275 g/mol. The molecule has 3 N–H and O–H groups in total. The van der Waals surface area contributed by atoms with Gasteiger partial charge in [-0.15, -0.1) is 0 Å². The van der Waals surface area contributed by atoms with Crippen molar-refractivity contribution >= 4 is 5.69 Å². The predicted octanol–water partition coefficient (Wildman–Crippen LogP) is 2.92. The van der Waals surface area contributed by atoms with E-state index < -0.39 is 17.2 Å². The lowest BCUT2D eigenvalue weighted by Crippen LogP contribution is -2.26. The van der Waals surface area contributed by atoms with Gasteiger partial charge in [0.25, 0.3) is 0 Å². The van der Waals surface area contributed by atoms with Gasteiger partial charge in [-0.2, -0.15) is 0 Å². The monoisotopic (exact) mass is 275 g/mol. The lowest BCUT2D eigenvalue weighted by Gasteiger charge is -2.24. The zero-order valence-corrected chi connectivity index (χ0v) is 10.9. The van der Waals surface area contributed by atoms with Crippen LogP contribution >= 0.6 is 0 Å². The van der Waals surface area contributed by atoms with Crippen molar-refractivity contribution in [3.63, 3.8) is 0 Å². The molecule has 0 bridgehead atoms. The third-order valence-corrected chi connectivity index (χ3v) is 3.94. The highest BCUT2D eigenvalue weighted by atomic mass is 19.1. The molecule has 104 valence electrons. The van der Waals surface area contributed by atoms with Gasteiger partial charge in [0.15, 0.2) is 0 Å². The van der Waals surface area contributed by atoms with Crippen LogP contribution in [0.25, 0.3) is 0 Å². The third-order valence-electron chi connectivity index (χ3n) is 3.94. The van der Waals surface area contributed by atoms with Crippen molar-refractivity contribution < 1.29 is 13.9 Å². The van der Waals surface area contributed by atoms with E-state index in [0.717, 1.165) is 17.2 Å². The molecule has 0 amide bonds. The van der Waals surface area contributed by atoms with E-state index in [1.165, 1.54) is 12.1 Å². The van der Waals surface area contributed by atoms with E-state index in [0.29, 0.717) is 24.1 Å². The summed E-state index contributed by atoms with van der Waals surface area (Å²) in [5, 5.41) is 10.8. The van der Waals surface area contributed by atoms with E-state index in [9.17, 15) is 13.9 Å². The number of hydrogen-bond donors (Lipinski definition) is 2. The molecule has 20 heavy (non-hydrogen) atoms. The Kier molecular flexibility index (Phi) is 2.98. The Morgan fingerprint density at radius 2 is 1.95 bits per heavy atom. The Bertz CT molecular complexity index is 672. The summed E-state index contributed by atoms with van der Waals surface area (Å²) in [6, 6.07) is 8.81. The van der Waals surface area contributed by atoms with E-state index in [-0.39, 0.29) is 6.42 Å². The second kappa shape index (κ2) is 4.56. The van der Waals surface area contributed by atoms with Crippen LogP contribution in [-0.4, -0.2) is 5.11 Å². The minimum atomic E-state index is -1.11. The standard InChI is InChI=1S/C16H15F2NO/c17-12-2-1-11(15(18)8-12)9-16(20)6-5-10-7-13(19)3-4-14(10)16/h1-4,7-8,20H,5-6,9,19H2. The van der Waals surface area contributed by atoms with Gasteiger partial charge in [0, 0.05) is 18.2 Å². The minimum Gasteiger partial charge on any atom is -0.399 e. The first-order chi connectivity index (χ1) is 9.48. The molecule has 0 saturated carbocycles. The Hall–Kier alpha value is -1.94. The second-order valence-electron chi connectivity index (χ2n) is 5.36. The van der Waals surface area contributed by atoms with Gasteiger partial charge in [0.1, 0.15) is 11.6 Å². The van der Waals surface area contributed by atoms with Gasteiger partial charge in [0.05, 0.1) is 5.60 Å². The van der Waals surface area contributed by atoms with Crippen molar-refractivity contribution in [2.45, 2.75) is 24.9 Å². The van der Waals surface area contributed by atoms with Crippen molar-refractivity contribution in [1.29, 1.82) is 0 Å². The molecule has 0 aliphatic heterocycles. The molecule has 0 radical (unpaired) electrons. The molecule has 2 nitrogen and oxygen atoms in total. The minimum absolute atomic E-state index is 0.135. The summed E-state index contributed by atoms with van der Waals surface area (Å²) < 4.78 is 26.7. The first-order valence-corrected chi connectivity index (χ1v) is 6.53. The zero-order valence-electron chi connectivity index (χ0n) is 10.9. The fourth-order valence-corrected chi connectivity index (χ4v) is 2.91. The number of aryl methyl sites for hydroxylation is 1. The Morgan fingerprint density at radius 3 is 2.70 bits per heavy atom. The SMILES string of the molecule is Nc1ccc2c(c1)CCC2(O)Cc1ccc(F)cc1F. The fourth-order valence-electron chi connectivity index (χ4n) is 2.91. The van der Waals surface area contributed by atoms with Crippen LogP contribution in [0.5, 0.6) is 0 Å². The van der Waals surface area contributed by atoms with Crippen molar-refractivity contribution in [3.05, 3.63) is 64.7 Å². The number of fused-ring (bicyclic) bond motifs is 1. The molecule has 2 aromatic rings. The molecule has 2 aromatic carbocycles. The third kappa shape index (κ3) is 2.16. The number of rotatable bonds is 2. The molecular formula is C16H15F2NO. The summed E-state index contributed by atoms with van der Waals surface area (Å²) in [7, 11) is 0. The maximum absolute atomic E-state index is 13.7. The molecule has 0 saturated heterocycles. The molecule has 1 aliphatic carbocycles. The van der Waals surface area contributed by atoms with E-state index in [4.69, 9.17) is 5.73 Å². The van der Waals surface area contributed by atoms with Crippen LogP contribution in [0.15, 0.2) is 36.4 Å². The van der Waals surface area contributed by atoms with Gasteiger partial charge in [0.2, 0.25) is 0 Å². The molecule has 3 rings (SSSR count). The lowest BCUT2D eigenvalue weighted by molar-refractivity contribution is 0.0381. The predicted molar refractivity (Wildman–Crippen MR) is 73.1 cm³/mol. The van der Waals surface area contributed by atoms with Crippen molar-refractivity contribution in [1.82, 2.24) is 0 Å². The Labute approximate surface area is 115 Å². The van der Waals surface area contributed by atoms with Crippen molar-refractivity contribution in [2.24, 2.45) is 0 Å². The smallest absolute Gasteiger partial charge is 0.129 e. The number of halogens is 2. The summed E-state index contributed by atoms with van der Waals surface area (Å²) in [6.07, 6.45) is 1.36. The van der Waals surface area contributed by atoms with E-state index in [2.05, 4.69) is 0 Å². The lowest BCUT2D eigenvalue weighted by atomic mass is 9.88. The van der Waals surface area contributed by atoms with Gasteiger partial charge in [-0.05, 0) is 47.7 Å². The van der Waals surface area contributed by atoms with Crippen molar-refractivity contribution in [2.75, 3.05) is 5.73 Å². The van der Waals surface area contributed by atoms with Crippen LogP contribution in [0.3, 0.4) is 0 Å². The second-order valence-corrected chi connectivity index (χ2v) is 5.36. The zero-order chi connectivity index (χ0) is 14.3. The molecule has 0 fully saturated rings. The first kappa shape index (κ1) is 13.1. The Morgan fingerprint density at radius 1 is 1.15 bits per heavy atom. The molecule has 1 unspecified atom stereocenters. The summed E-state index contributed by atoms with van der Waals surface area (Å²) >= 11 is 0. The van der Waals surface area contributed by atoms with Crippen LogP contribution in [0, 0.1) is 11.6 Å². The normalized spacial score (nSPS) is 20.9. The summed E-state index contributed by atoms with van der Waals surface area (Å²) in [4.78, 5) is 0. The highest BCUT2D eigenvalue weighted by molar-refractivity contribution is 5.49. The largest absolute Gasteiger partial charge is 0.399 e. The molecule has 1 atom stereocenters. The molecular weight excluding hydrogens is 260 g/mol. The molecule has 4 heteroatoms. The van der Waals surface area contributed by atoms with Crippen LogP contribution in [0.1, 0.15) is 23.1 Å². The number of hydrogen-bond acceptors (Lipinski definition) is 2. The highest BCUT2D eigenvalue weighted by Crippen LogP contribution is 2.40. The van der Waals surface area contributed by atoms with Gasteiger partial charge >= 0.3 is 0 Å². The number of aliphatic hydroxyl groups is 1. The van der Waals surface area contributed by atoms with Crippen LogP contribution in [-0.2, 0) is 18.4 Å². The van der Waals surface area contributed by atoms with Crippen LogP contribution in [0.4, 0.5) is 14.5 Å². The molecule has 1 aliphatic rings. The maximum Gasteiger partial charge on any atom is 0.129 e. The first-order valence-electron chi connectivity index (χ1n) is 6.53. The Balaban J connectivity index is 1.96. The van der Waals surface area contributed by atoms with Crippen LogP contribution in [0.2, 0.25) is 0 Å². The molecule has 0 aromatic heterocycles. The number of anilines is 1. The summed E-state index contributed by atoms with van der Waals surface area (Å²) in [6.45, 7) is 0. The van der Waals surface area contributed by atoms with Gasteiger partial charge < -0.3 is 10.8 Å². The summed E-state index contributed by atoms with van der Waals surface area (Å²) in [5.74, 6) is -1.24. The molecule has 0 heterocycles. The average Bonchev–Trinajstić information content (AvgIpc) is 2.70. The molecule has 0 spiro atoms. The van der Waals surface area contributed by atoms with E-state index in [1.54, 1.807) is 12.1 Å². The van der Waals surface area contributed by atoms with Gasteiger partial charge in [-0.3, -0.25) is 0 Å². The van der Waals surface area contributed by atoms with Gasteiger partial charge in [-0.1, -0.05) is 12.1 Å². The fraction of sp³-hybridized carbons (Fsp3) is 0.250. The number of nitrogens with two attached hydrogens (primary N) is 1. The summed E-state index contributed by atoms with van der Waals surface area (Å²) in [5.41, 5.74) is 7.37. The highest BCUT2D eigenvalue weighted by Gasteiger charge is 2.37. The number of nitrogen functional groups attached to an aromatic ring is 1. The van der Waals surface area contributed by atoms with E-state index >= 15 is 0 Å². The number of benzene rings is 2. The topological polar surface area (TPSA) is 46.2 Å². The van der Waals surface area contributed by atoms with Gasteiger partial charge in [-0.25, -0.2) is 8.78 Å². The van der Waals surface area contributed by atoms with E-state index in [1.807, 2.05) is 6.07 Å². The maximum atomic E-state index is 13.7. The van der Waals surface area contributed by atoms with Crippen molar-refractivity contribution in [3.8, 4) is 0 Å².